The molecule has 2 amide bonds. The molecular formula is C22H26N4O4. The van der Waals surface area contributed by atoms with Crippen LogP contribution in [0.4, 0.5) is 5.82 Å². The van der Waals surface area contributed by atoms with Crippen molar-refractivity contribution >= 4 is 23.8 Å². The van der Waals surface area contributed by atoms with Crippen molar-refractivity contribution in [3.63, 3.8) is 0 Å². The van der Waals surface area contributed by atoms with Gasteiger partial charge in [-0.1, -0.05) is 19.1 Å². The summed E-state index contributed by atoms with van der Waals surface area (Å²) in [6, 6.07) is 11.1. The first-order chi connectivity index (χ1) is 14.5. The minimum atomic E-state index is -0.145. The summed E-state index contributed by atoms with van der Waals surface area (Å²) in [5.74, 6) is 1.79. The largest absolute Gasteiger partial charge is 0.497 e. The quantitative estimate of drug-likeness (QED) is 0.507. The number of amides is 2. The van der Waals surface area contributed by atoms with Gasteiger partial charge in [0.15, 0.2) is 18.0 Å². The molecule has 3 rings (SSSR count). The molecule has 0 fully saturated rings. The highest BCUT2D eigenvalue weighted by atomic mass is 16.5. The number of hydrogen-bond donors (Lipinski definition) is 0. The summed E-state index contributed by atoms with van der Waals surface area (Å²) in [4.78, 5) is 31.7. The van der Waals surface area contributed by atoms with E-state index < -0.39 is 0 Å². The number of pyridine rings is 1. The zero-order valence-corrected chi connectivity index (χ0v) is 17.7. The fourth-order valence-corrected chi connectivity index (χ4v) is 3.09. The molecule has 3 aromatic rings. The second-order valence-corrected chi connectivity index (χ2v) is 6.96. The van der Waals surface area contributed by atoms with E-state index in [1.54, 1.807) is 32.2 Å². The Morgan fingerprint density at radius 1 is 1.20 bits per heavy atom. The molecule has 0 bridgehead atoms. The third kappa shape index (κ3) is 4.37. The van der Waals surface area contributed by atoms with Crippen LogP contribution in [0.1, 0.15) is 18.2 Å². The molecular weight excluding hydrogens is 384 g/mol. The van der Waals surface area contributed by atoms with Gasteiger partial charge in [-0.2, -0.15) is 0 Å². The molecule has 0 saturated carbocycles. The molecule has 0 aliphatic heterocycles. The van der Waals surface area contributed by atoms with Gasteiger partial charge in [0.2, 0.25) is 6.41 Å². The number of aromatic nitrogens is 2. The van der Waals surface area contributed by atoms with Gasteiger partial charge < -0.3 is 14.4 Å². The van der Waals surface area contributed by atoms with Gasteiger partial charge in [0.05, 0.1) is 19.3 Å². The number of anilines is 1. The first-order valence-corrected chi connectivity index (χ1v) is 9.66. The number of imidazole rings is 1. The molecule has 8 heteroatoms. The van der Waals surface area contributed by atoms with Gasteiger partial charge in [-0.3, -0.25) is 18.9 Å². The van der Waals surface area contributed by atoms with Crippen LogP contribution in [0.5, 0.6) is 11.5 Å². The van der Waals surface area contributed by atoms with E-state index in [0.717, 1.165) is 23.4 Å². The van der Waals surface area contributed by atoms with Gasteiger partial charge in [0.1, 0.15) is 11.6 Å². The molecule has 0 radical (unpaired) electrons. The Balaban J connectivity index is 1.95. The van der Waals surface area contributed by atoms with Crippen molar-refractivity contribution in [2.75, 3.05) is 32.7 Å². The smallest absolute Gasteiger partial charge is 0.259 e. The van der Waals surface area contributed by atoms with Crippen molar-refractivity contribution in [1.29, 1.82) is 0 Å². The fraction of sp³-hybridized carbons (Fsp3) is 0.318. The van der Waals surface area contributed by atoms with E-state index in [-0.39, 0.29) is 12.5 Å². The average molecular weight is 410 g/mol. The van der Waals surface area contributed by atoms with Crippen molar-refractivity contribution in [3.8, 4) is 11.5 Å². The first kappa shape index (κ1) is 21.2. The summed E-state index contributed by atoms with van der Waals surface area (Å²) >= 11 is 0. The second-order valence-electron chi connectivity index (χ2n) is 6.96. The predicted molar refractivity (Wildman–Crippen MR) is 114 cm³/mol. The van der Waals surface area contributed by atoms with Crippen molar-refractivity contribution in [2.45, 2.75) is 19.9 Å². The lowest BCUT2D eigenvalue weighted by atomic mass is 10.2. The van der Waals surface area contributed by atoms with Crippen LogP contribution in [0.15, 0.2) is 42.6 Å². The zero-order valence-electron chi connectivity index (χ0n) is 17.7. The maximum atomic E-state index is 12.0. The Morgan fingerprint density at radius 2 is 1.93 bits per heavy atom. The number of benzene rings is 1. The van der Waals surface area contributed by atoms with Crippen molar-refractivity contribution < 1.29 is 19.1 Å². The number of fused-ring (bicyclic) bond motifs is 1. The van der Waals surface area contributed by atoms with E-state index in [2.05, 4.69) is 4.98 Å². The Morgan fingerprint density at radius 3 is 2.53 bits per heavy atom. The minimum absolute atomic E-state index is 0.0838. The summed E-state index contributed by atoms with van der Waals surface area (Å²) in [5.41, 5.74) is 2.30. The molecule has 0 spiro atoms. The van der Waals surface area contributed by atoms with Crippen molar-refractivity contribution in [3.05, 3.63) is 53.9 Å². The van der Waals surface area contributed by atoms with E-state index in [9.17, 15) is 9.59 Å². The maximum Gasteiger partial charge on any atom is 0.259 e. The van der Waals surface area contributed by atoms with Crippen LogP contribution in [0, 0.1) is 0 Å². The van der Waals surface area contributed by atoms with Gasteiger partial charge in [-0.25, -0.2) is 4.98 Å². The van der Waals surface area contributed by atoms with Gasteiger partial charge in [-0.05, 0) is 36.2 Å². The zero-order chi connectivity index (χ0) is 21.7. The summed E-state index contributed by atoms with van der Waals surface area (Å²) in [5, 5.41) is 0. The molecule has 1 aromatic carbocycles. The van der Waals surface area contributed by atoms with Crippen LogP contribution in [-0.4, -0.2) is 54.4 Å². The molecule has 0 N–H and O–H groups in total. The number of hydrogen-bond acceptors (Lipinski definition) is 5. The van der Waals surface area contributed by atoms with Crippen molar-refractivity contribution in [2.24, 2.45) is 0 Å². The summed E-state index contributed by atoms with van der Waals surface area (Å²) < 4.78 is 12.7. The maximum absolute atomic E-state index is 12.0. The average Bonchev–Trinajstić information content (AvgIpc) is 3.15. The number of nitrogens with zero attached hydrogens (tertiary/aromatic N) is 4. The van der Waals surface area contributed by atoms with E-state index >= 15 is 0 Å². The predicted octanol–water partition coefficient (Wildman–Crippen LogP) is 2.54. The van der Waals surface area contributed by atoms with Gasteiger partial charge >= 0.3 is 0 Å². The number of carbonyl (C=O) groups excluding carboxylic acids is 2. The van der Waals surface area contributed by atoms with Gasteiger partial charge in [-0.15, -0.1) is 0 Å². The molecule has 158 valence electrons. The monoisotopic (exact) mass is 410 g/mol. The molecule has 0 aliphatic rings. The lowest BCUT2D eigenvalue weighted by molar-refractivity contribution is -0.130. The number of aryl methyl sites for hydroxylation is 1. The standard InChI is InChI=1S/C22H26N4O4/c1-5-18-22(25(15-27)13-16-8-10-17(29-4)11-9-16)26-12-6-7-19(21(26)23-18)30-14-20(28)24(2)3/h6-12,15H,5,13-14H2,1-4H3. The van der Waals surface area contributed by atoms with Crippen LogP contribution < -0.4 is 14.4 Å². The Bertz CT molecular complexity index is 1030. The SMILES string of the molecule is CCc1nc2c(OCC(=O)N(C)C)cccn2c1N(C=O)Cc1ccc(OC)cc1. The molecule has 30 heavy (non-hydrogen) atoms. The Labute approximate surface area is 175 Å². The Kier molecular flexibility index (Phi) is 6.56. The van der Waals surface area contributed by atoms with Crippen LogP contribution >= 0.6 is 0 Å². The van der Waals surface area contributed by atoms with Gasteiger partial charge in [0, 0.05) is 20.3 Å². The number of likely N-dealkylation sites (N-methyl/N-ethyl adjacent to an activating group) is 1. The summed E-state index contributed by atoms with van der Waals surface area (Å²) in [6.45, 7) is 2.29. The van der Waals surface area contributed by atoms with Crippen LogP contribution in [-0.2, 0) is 22.6 Å². The number of rotatable bonds is 9. The highest BCUT2D eigenvalue weighted by Gasteiger charge is 2.20. The van der Waals surface area contributed by atoms with Crippen molar-refractivity contribution in [1.82, 2.24) is 14.3 Å². The molecule has 2 aromatic heterocycles. The topological polar surface area (TPSA) is 76.4 Å². The second kappa shape index (κ2) is 9.30. The summed E-state index contributed by atoms with van der Waals surface area (Å²) in [7, 11) is 4.97. The van der Waals surface area contributed by atoms with E-state index in [4.69, 9.17) is 9.47 Å². The number of ether oxygens (including phenoxy) is 2. The minimum Gasteiger partial charge on any atom is -0.497 e. The lowest BCUT2D eigenvalue weighted by Gasteiger charge is -2.19. The highest BCUT2D eigenvalue weighted by Crippen LogP contribution is 2.29. The van der Waals surface area contributed by atoms with E-state index in [1.807, 2.05) is 47.9 Å². The fourth-order valence-electron chi connectivity index (χ4n) is 3.09. The molecule has 0 saturated heterocycles. The molecule has 8 nitrogen and oxygen atoms in total. The van der Waals surface area contributed by atoms with E-state index in [0.29, 0.717) is 30.2 Å². The normalized spacial score (nSPS) is 10.7. The molecule has 0 atom stereocenters. The summed E-state index contributed by atoms with van der Waals surface area (Å²) in [6.07, 6.45) is 3.28. The number of carbonyl (C=O) groups is 2. The molecule has 2 heterocycles. The first-order valence-electron chi connectivity index (χ1n) is 9.66. The highest BCUT2D eigenvalue weighted by molar-refractivity contribution is 5.79. The Hall–Kier alpha value is -3.55. The lowest BCUT2D eigenvalue weighted by Crippen LogP contribution is -2.27. The van der Waals surface area contributed by atoms with Crippen LogP contribution in [0.2, 0.25) is 0 Å². The third-order valence-electron chi connectivity index (χ3n) is 4.75. The van der Waals surface area contributed by atoms with E-state index in [1.165, 1.54) is 4.90 Å². The molecule has 0 aliphatic carbocycles. The number of methoxy groups -OCH3 is 1. The van der Waals surface area contributed by atoms with Crippen LogP contribution in [0.25, 0.3) is 5.65 Å². The molecule has 0 unspecified atom stereocenters. The third-order valence-corrected chi connectivity index (χ3v) is 4.75. The van der Waals surface area contributed by atoms with Crippen LogP contribution in [0.3, 0.4) is 0 Å². The van der Waals surface area contributed by atoms with Gasteiger partial charge in [0.25, 0.3) is 5.91 Å².